The normalized spacial score (nSPS) is 44.2. The van der Waals surface area contributed by atoms with E-state index in [2.05, 4.69) is 24.9 Å². The highest BCUT2D eigenvalue weighted by Gasteiger charge is 2.62. The fourth-order valence-electron chi connectivity index (χ4n) is 5.05. The Balaban J connectivity index is 1.96. The number of likely N-dealkylation sites (tertiary alicyclic amines) is 1. The molecule has 1 aromatic heterocycles. The molecule has 0 aromatic carbocycles. The Morgan fingerprint density at radius 2 is 2.21 bits per heavy atom. The van der Waals surface area contributed by atoms with Crippen molar-refractivity contribution in [2.75, 3.05) is 13.6 Å². The molecular formula is C15H20N2O2. The molecule has 1 aliphatic carbocycles. The minimum Gasteiger partial charge on any atom is -0.386 e. The molecule has 1 saturated carbocycles. The predicted octanol–water partition coefficient (Wildman–Crippen LogP) is 0.647. The molecule has 2 aliphatic heterocycles. The van der Waals surface area contributed by atoms with E-state index in [1.165, 1.54) is 0 Å². The Morgan fingerprint density at radius 1 is 1.42 bits per heavy atom. The van der Waals surface area contributed by atoms with Crippen LogP contribution in [0, 0.1) is 11.8 Å². The second-order valence-corrected chi connectivity index (χ2v) is 6.67. The van der Waals surface area contributed by atoms with Crippen molar-refractivity contribution in [3.63, 3.8) is 0 Å². The Hall–Kier alpha value is -1.13. The van der Waals surface area contributed by atoms with Crippen LogP contribution in [0.3, 0.4) is 0 Å². The van der Waals surface area contributed by atoms with Crippen molar-refractivity contribution in [2.45, 2.75) is 37.5 Å². The van der Waals surface area contributed by atoms with E-state index in [-0.39, 0.29) is 17.5 Å². The molecule has 0 spiro atoms. The van der Waals surface area contributed by atoms with E-state index >= 15 is 0 Å². The molecule has 3 unspecified atom stereocenters. The molecule has 0 radical (unpaired) electrons. The quantitative estimate of drug-likeness (QED) is 0.745. The van der Waals surface area contributed by atoms with Gasteiger partial charge in [0.25, 0.3) is 5.56 Å². The van der Waals surface area contributed by atoms with Gasteiger partial charge in [-0.25, -0.2) is 0 Å². The van der Waals surface area contributed by atoms with E-state index in [0.717, 1.165) is 18.7 Å². The number of likely N-dealkylation sites (N-methyl/N-ethyl adjacent to an activating group) is 1. The summed E-state index contributed by atoms with van der Waals surface area (Å²) in [4.78, 5) is 14.4. The third-order valence-corrected chi connectivity index (χ3v) is 5.69. The molecule has 4 bridgehead atoms. The van der Waals surface area contributed by atoms with E-state index in [4.69, 9.17) is 0 Å². The van der Waals surface area contributed by atoms with Crippen molar-refractivity contribution in [3.05, 3.63) is 34.2 Å². The fourth-order valence-corrected chi connectivity index (χ4v) is 5.05. The lowest BCUT2D eigenvalue weighted by Crippen LogP contribution is -2.64. The van der Waals surface area contributed by atoms with Gasteiger partial charge in [-0.3, -0.25) is 9.69 Å². The molecular weight excluding hydrogens is 240 g/mol. The number of piperidine rings is 1. The van der Waals surface area contributed by atoms with Crippen molar-refractivity contribution in [1.29, 1.82) is 0 Å². The van der Waals surface area contributed by atoms with Crippen LogP contribution in [0.2, 0.25) is 0 Å². The third-order valence-electron chi connectivity index (χ3n) is 5.69. The van der Waals surface area contributed by atoms with Crippen molar-refractivity contribution in [2.24, 2.45) is 11.8 Å². The Kier molecular flexibility index (Phi) is 2.15. The van der Waals surface area contributed by atoms with Gasteiger partial charge >= 0.3 is 0 Å². The number of pyridine rings is 1. The smallest absolute Gasteiger partial charge is 0.250 e. The first-order valence-electron chi connectivity index (χ1n) is 7.15. The van der Waals surface area contributed by atoms with E-state index in [1.54, 1.807) is 10.6 Å². The largest absolute Gasteiger partial charge is 0.386 e. The minimum absolute atomic E-state index is 0.0252. The predicted molar refractivity (Wildman–Crippen MR) is 72.1 cm³/mol. The lowest BCUT2D eigenvalue weighted by molar-refractivity contribution is -0.120. The number of aromatic nitrogens is 1. The van der Waals surface area contributed by atoms with E-state index < -0.39 is 5.60 Å². The zero-order valence-electron chi connectivity index (χ0n) is 11.4. The van der Waals surface area contributed by atoms with Crippen molar-refractivity contribution in [1.82, 2.24) is 9.47 Å². The molecule has 102 valence electrons. The highest BCUT2D eigenvalue weighted by atomic mass is 16.3. The van der Waals surface area contributed by atoms with Crippen LogP contribution in [0.4, 0.5) is 0 Å². The van der Waals surface area contributed by atoms with Gasteiger partial charge in [0.2, 0.25) is 0 Å². The van der Waals surface area contributed by atoms with Crippen LogP contribution in [0.15, 0.2) is 23.0 Å². The molecule has 3 aliphatic rings. The van der Waals surface area contributed by atoms with Crippen LogP contribution < -0.4 is 5.56 Å². The van der Waals surface area contributed by atoms with Gasteiger partial charge < -0.3 is 9.67 Å². The van der Waals surface area contributed by atoms with Crippen LogP contribution in [0.25, 0.3) is 0 Å². The monoisotopic (exact) mass is 260 g/mol. The molecule has 4 heteroatoms. The first kappa shape index (κ1) is 11.7. The standard InChI is InChI=1S/C15H20N2O2/c1-9-6-12-15(19)8-17-11(4-3-5-13(17)18)10(14(9)15)7-16(12)2/h3-5,9-10,12,14,19H,6-8H2,1-2H3/t9?,10-,12?,14?,15+/m1/s1. The fraction of sp³-hybridized carbons (Fsp3) is 0.667. The molecule has 1 saturated heterocycles. The molecule has 5 atom stereocenters. The van der Waals surface area contributed by atoms with Crippen LogP contribution in [0.5, 0.6) is 0 Å². The molecule has 4 nitrogen and oxygen atoms in total. The van der Waals surface area contributed by atoms with Crippen LogP contribution in [0.1, 0.15) is 25.0 Å². The zero-order valence-corrected chi connectivity index (χ0v) is 11.4. The van der Waals surface area contributed by atoms with Gasteiger partial charge in [-0.2, -0.15) is 0 Å². The first-order valence-corrected chi connectivity index (χ1v) is 7.15. The van der Waals surface area contributed by atoms with Gasteiger partial charge in [0.15, 0.2) is 0 Å². The first-order chi connectivity index (χ1) is 9.02. The highest BCUT2D eigenvalue weighted by Crippen LogP contribution is 2.55. The number of hydrogen-bond donors (Lipinski definition) is 1. The van der Waals surface area contributed by atoms with E-state index in [1.807, 2.05) is 6.07 Å². The molecule has 2 fully saturated rings. The summed E-state index contributed by atoms with van der Waals surface area (Å²) < 4.78 is 1.80. The number of fused-ring (bicyclic) bond motifs is 2. The van der Waals surface area contributed by atoms with Gasteiger partial charge in [-0.05, 0) is 25.5 Å². The lowest BCUT2D eigenvalue weighted by atomic mass is 9.69. The third kappa shape index (κ3) is 1.29. The van der Waals surface area contributed by atoms with Crippen LogP contribution in [-0.4, -0.2) is 39.8 Å². The summed E-state index contributed by atoms with van der Waals surface area (Å²) >= 11 is 0. The van der Waals surface area contributed by atoms with Gasteiger partial charge in [-0.15, -0.1) is 0 Å². The minimum atomic E-state index is -0.727. The second kappa shape index (κ2) is 3.49. The molecule has 1 N–H and O–H groups in total. The number of nitrogens with zero attached hydrogens (tertiary/aromatic N) is 2. The average Bonchev–Trinajstić information content (AvgIpc) is 2.52. The molecule has 0 amide bonds. The van der Waals surface area contributed by atoms with Crippen LogP contribution >= 0.6 is 0 Å². The maximum absolute atomic E-state index is 12.1. The molecule has 19 heavy (non-hydrogen) atoms. The molecule has 1 aromatic rings. The number of rotatable bonds is 0. The van der Waals surface area contributed by atoms with Crippen molar-refractivity contribution < 1.29 is 5.11 Å². The van der Waals surface area contributed by atoms with Crippen molar-refractivity contribution in [3.8, 4) is 0 Å². The van der Waals surface area contributed by atoms with Gasteiger partial charge in [0, 0.05) is 36.2 Å². The van der Waals surface area contributed by atoms with E-state index in [9.17, 15) is 9.90 Å². The Bertz CT molecular complexity index is 596. The topological polar surface area (TPSA) is 45.5 Å². The Morgan fingerprint density at radius 3 is 3.00 bits per heavy atom. The average molecular weight is 260 g/mol. The summed E-state index contributed by atoms with van der Waals surface area (Å²) in [6.07, 6.45) is 1.04. The number of hydrogen-bond acceptors (Lipinski definition) is 3. The SMILES string of the molecule is CC1CC2N(C)C[C@@H]3c4cccc(=O)n4C[C@@]2(O)C13. The van der Waals surface area contributed by atoms with Gasteiger partial charge in [0.05, 0.1) is 6.54 Å². The van der Waals surface area contributed by atoms with Crippen molar-refractivity contribution >= 4 is 0 Å². The maximum atomic E-state index is 12.1. The summed E-state index contributed by atoms with van der Waals surface area (Å²) in [6.45, 7) is 3.66. The van der Waals surface area contributed by atoms with Gasteiger partial charge in [0.1, 0.15) is 5.60 Å². The second-order valence-electron chi connectivity index (χ2n) is 6.67. The summed E-state index contributed by atoms with van der Waals surface area (Å²) in [5.41, 5.74) is 0.411. The summed E-state index contributed by atoms with van der Waals surface area (Å²) in [6, 6.07) is 5.71. The molecule has 3 heterocycles. The maximum Gasteiger partial charge on any atom is 0.250 e. The lowest BCUT2D eigenvalue weighted by Gasteiger charge is -2.53. The van der Waals surface area contributed by atoms with Gasteiger partial charge in [-0.1, -0.05) is 13.0 Å². The summed E-state index contributed by atoms with van der Waals surface area (Å²) in [7, 11) is 2.10. The number of aliphatic hydroxyl groups is 1. The Labute approximate surface area is 112 Å². The molecule has 4 rings (SSSR count). The van der Waals surface area contributed by atoms with Crippen LogP contribution in [-0.2, 0) is 6.54 Å². The van der Waals surface area contributed by atoms with E-state index in [0.29, 0.717) is 18.4 Å². The summed E-state index contributed by atoms with van der Waals surface area (Å²) in [5.74, 6) is 1.11. The summed E-state index contributed by atoms with van der Waals surface area (Å²) in [5, 5.41) is 11.2. The zero-order chi connectivity index (χ0) is 13.4. The highest BCUT2D eigenvalue weighted by molar-refractivity contribution is 5.27.